The van der Waals surface area contributed by atoms with Crippen molar-refractivity contribution in [2.45, 2.75) is 25.9 Å². The van der Waals surface area contributed by atoms with E-state index in [0.29, 0.717) is 5.11 Å². The molecule has 34 heavy (non-hydrogen) atoms. The average Bonchev–Trinajstić information content (AvgIpc) is 3.34. The Morgan fingerprint density at radius 3 is 2.50 bits per heavy atom. The van der Waals surface area contributed by atoms with E-state index in [4.69, 9.17) is 17.0 Å². The van der Waals surface area contributed by atoms with Crippen molar-refractivity contribution in [3.05, 3.63) is 107 Å². The lowest BCUT2D eigenvalue weighted by atomic mass is 9.96. The summed E-state index contributed by atoms with van der Waals surface area (Å²) < 4.78 is 21.6. The third-order valence-corrected chi connectivity index (χ3v) is 6.60. The van der Waals surface area contributed by atoms with E-state index in [9.17, 15) is 4.39 Å². The lowest BCUT2D eigenvalue weighted by molar-refractivity contribution is 0.415. The van der Waals surface area contributed by atoms with Crippen LogP contribution in [0.3, 0.4) is 0 Å². The van der Waals surface area contributed by atoms with Crippen molar-refractivity contribution in [1.82, 2.24) is 14.9 Å². The number of hydrogen-bond donors (Lipinski definition) is 1. The van der Waals surface area contributed by atoms with Gasteiger partial charge in [0, 0.05) is 35.0 Å². The number of thiocarbonyl (C=S) groups is 1. The van der Waals surface area contributed by atoms with Crippen molar-refractivity contribution in [1.29, 1.82) is 0 Å². The number of rotatable bonds is 5. The molecule has 4 aromatic rings. The number of aryl methyl sites for hydroxylation is 1. The van der Waals surface area contributed by atoms with E-state index in [-0.39, 0.29) is 17.9 Å². The molecular formula is C27H25FN4OS. The minimum absolute atomic E-state index is 0.164. The maximum absolute atomic E-state index is 14.0. The van der Waals surface area contributed by atoms with E-state index in [1.165, 1.54) is 6.07 Å². The summed E-state index contributed by atoms with van der Waals surface area (Å²) in [7, 11) is 1.65. The highest BCUT2D eigenvalue weighted by molar-refractivity contribution is 7.80. The summed E-state index contributed by atoms with van der Waals surface area (Å²) in [6.45, 7) is 4.10. The molecule has 1 aliphatic heterocycles. The van der Waals surface area contributed by atoms with Crippen molar-refractivity contribution in [2.75, 3.05) is 12.0 Å². The fourth-order valence-corrected chi connectivity index (χ4v) is 5.15. The lowest BCUT2D eigenvalue weighted by Crippen LogP contribution is -2.29. The largest absolute Gasteiger partial charge is 0.497 e. The Bertz CT molecular complexity index is 1350. The molecule has 0 unspecified atom stereocenters. The monoisotopic (exact) mass is 472 g/mol. The van der Waals surface area contributed by atoms with Crippen LogP contribution in [0.1, 0.15) is 34.7 Å². The van der Waals surface area contributed by atoms with E-state index in [1.54, 1.807) is 25.4 Å². The summed E-state index contributed by atoms with van der Waals surface area (Å²) in [6.07, 6.45) is 1.79. The van der Waals surface area contributed by atoms with Gasteiger partial charge in [-0.2, -0.15) is 0 Å². The summed E-state index contributed by atoms with van der Waals surface area (Å²) >= 11 is 5.84. The van der Waals surface area contributed by atoms with Gasteiger partial charge in [-0.25, -0.2) is 4.39 Å². The molecule has 1 aliphatic rings. The van der Waals surface area contributed by atoms with E-state index in [1.807, 2.05) is 55.5 Å². The van der Waals surface area contributed by atoms with Gasteiger partial charge in [-0.1, -0.05) is 18.2 Å². The Morgan fingerprint density at radius 1 is 0.971 bits per heavy atom. The molecule has 5 rings (SSSR count). The van der Waals surface area contributed by atoms with Crippen LogP contribution in [-0.2, 0) is 0 Å². The van der Waals surface area contributed by atoms with Crippen LogP contribution in [0.25, 0.3) is 5.69 Å². The first-order chi connectivity index (χ1) is 16.5. The van der Waals surface area contributed by atoms with Crippen molar-refractivity contribution >= 4 is 23.0 Å². The van der Waals surface area contributed by atoms with Gasteiger partial charge in [0.1, 0.15) is 11.6 Å². The van der Waals surface area contributed by atoms with Crippen LogP contribution in [0.4, 0.5) is 10.1 Å². The lowest BCUT2D eigenvalue weighted by Gasteiger charge is -2.28. The van der Waals surface area contributed by atoms with Gasteiger partial charge < -0.3 is 19.5 Å². The van der Waals surface area contributed by atoms with Crippen molar-refractivity contribution in [3.8, 4) is 11.4 Å². The second-order valence-electron chi connectivity index (χ2n) is 8.34. The number of methoxy groups -OCH3 is 1. The van der Waals surface area contributed by atoms with Crippen LogP contribution < -0.4 is 15.0 Å². The number of nitrogens with zero attached hydrogens (tertiary/aromatic N) is 3. The minimum atomic E-state index is -0.264. The molecule has 0 aliphatic carbocycles. The first kappa shape index (κ1) is 22.1. The number of anilines is 1. The van der Waals surface area contributed by atoms with Crippen molar-refractivity contribution in [2.24, 2.45) is 0 Å². The third-order valence-electron chi connectivity index (χ3n) is 6.28. The summed E-state index contributed by atoms with van der Waals surface area (Å²) in [5, 5.41) is 4.11. The number of ether oxygens (including phenoxy) is 1. The zero-order chi connectivity index (χ0) is 23.8. The molecule has 0 radical (unpaired) electrons. The van der Waals surface area contributed by atoms with Gasteiger partial charge >= 0.3 is 0 Å². The minimum Gasteiger partial charge on any atom is -0.497 e. The second-order valence-corrected chi connectivity index (χ2v) is 8.73. The highest BCUT2D eigenvalue weighted by atomic mass is 32.1. The van der Waals surface area contributed by atoms with Gasteiger partial charge in [-0.3, -0.25) is 4.98 Å². The topological polar surface area (TPSA) is 42.3 Å². The molecular weight excluding hydrogens is 447 g/mol. The van der Waals surface area contributed by atoms with E-state index in [0.717, 1.165) is 39.8 Å². The van der Waals surface area contributed by atoms with Crippen LogP contribution in [0, 0.1) is 19.7 Å². The summed E-state index contributed by atoms with van der Waals surface area (Å²) in [4.78, 5) is 6.75. The van der Waals surface area contributed by atoms with Gasteiger partial charge in [0.25, 0.3) is 0 Å². The predicted molar refractivity (Wildman–Crippen MR) is 136 cm³/mol. The van der Waals surface area contributed by atoms with Crippen LogP contribution >= 0.6 is 12.2 Å². The number of pyridine rings is 1. The molecule has 1 N–H and O–H groups in total. The molecule has 7 heteroatoms. The van der Waals surface area contributed by atoms with Crippen LogP contribution in [0.5, 0.6) is 5.75 Å². The summed E-state index contributed by atoms with van der Waals surface area (Å²) in [5.41, 5.74) is 5.74. The Hall–Kier alpha value is -3.71. The van der Waals surface area contributed by atoms with E-state index < -0.39 is 0 Å². The standard InChI is InChI=1S/C27H25FN4OS/c1-17-14-23(18(2)31(17)20-9-6-8-19(28)15-20)26-25(24-12-4-5-13-29-24)30-27(34)32(26)21-10-7-11-22(16-21)33-3/h4-16,25-26H,1-3H3,(H,30,34)/t25-,26+/m0/s1. The Morgan fingerprint density at radius 2 is 1.76 bits per heavy atom. The maximum Gasteiger partial charge on any atom is 0.174 e. The molecule has 2 aromatic carbocycles. The van der Waals surface area contributed by atoms with Crippen molar-refractivity contribution in [3.63, 3.8) is 0 Å². The summed E-state index contributed by atoms with van der Waals surface area (Å²) in [5.74, 6) is 0.491. The molecule has 3 heterocycles. The van der Waals surface area contributed by atoms with Crippen LogP contribution in [0.15, 0.2) is 79.0 Å². The van der Waals surface area contributed by atoms with Gasteiger partial charge in [0.05, 0.1) is 24.9 Å². The Balaban J connectivity index is 1.69. The SMILES string of the molecule is COc1cccc(N2C(=S)N[C@@H](c3ccccn3)[C@H]2c2cc(C)n(-c3cccc(F)c3)c2C)c1. The first-order valence-electron chi connectivity index (χ1n) is 11.1. The molecule has 2 aromatic heterocycles. The smallest absolute Gasteiger partial charge is 0.174 e. The highest BCUT2D eigenvalue weighted by Crippen LogP contribution is 2.44. The van der Waals surface area contributed by atoms with Crippen LogP contribution in [-0.4, -0.2) is 21.8 Å². The van der Waals surface area contributed by atoms with Crippen molar-refractivity contribution < 1.29 is 9.13 Å². The number of halogens is 1. The fraction of sp³-hybridized carbons (Fsp3) is 0.185. The maximum atomic E-state index is 14.0. The Labute approximate surface area is 203 Å². The molecule has 172 valence electrons. The molecule has 0 bridgehead atoms. The molecule has 1 fully saturated rings. The second kappa shape index (κ2) is 8.91. The molecule has 0 amide bonds. The zero-order valence-electron chi connectivity index (χ0n) is 19.2. The molecule has 0 saturated carbocycles. The third kappa shape index (κ3) is 3.82. The van der Waals surface area contributed by atoms with Gasteiger partial charge in [0.2, 0.25) is 0 Å². The van der Waals surface area contributed by atoms with Gasteiger partial charge in [-0.05, 0) is 80.2 Å². The number of hydrogen-bond acceptors (Lipinski definition) is 3. The normalized spacial score (nSPS) is 17.6. The van der Waals surface area contributed by atoms with Gasteiger partial charge in [0.15, 0.2) is 5.11 Å². The molecule has 5 nitrogen and oxygen atoms in total. The first-order valence-corrected chi connectivity index (χ1v) is 11.5. The number of aromatic nitrogens is 2. The molecule has 2 atom stereocenters. The highest BCUT2D eigenvalue weighted by Gasteiger charge is 2.42. The Kier molecular flexibility index (Phi) is 5.79. The quantitative estimate of drug-likeness (QED) is 0.371. The zero-order valence-corrected chi connectivity index (χ0v) is 20.0. The van der Waals surface area contributed by atoms with E-state index in [2.05, 4.69) is 32.8 Å². The predicted octanol–water partition coefficient (Wildman–Crippen LogP) is 5.81. The number of nitrogens with one attached hydrogen (secondary N) is 1. The number of benzene rings is 2. The average molecular weight is 473 g/mol. The molecule has 1 saturated heterocycles. The molecule has 0 spiro atoms. The van der Waals surface area contributed by atoms with Gasteiger partial charge in [-0.15, -0.1) is 0 Å². The van der Waals surface area contributed by atoms with Crippen LogP contribution in [0.2, 0.25) is 0 Å². The summed E-state index contributed by atoms with van der Waals surface area (Å²) in [6, 6.07) is 22.3. The fourth-order valence-electron chi connectivity index (χ4n) is 4.81. The van der Waals surface area contributed by atoms with E-state index >= 15 is 0 Å².